The molecule has 0 radical (unpaired) electrons. The Labute approximate surface area is 184 Å². The molecule has 6 heteroatoms. The SMILES string of the molecule is O=C(CCc1ccccc1)Nc1c(C(=O)c2ccc3c(c2)OCCO3)oc2ccccc12. The van der Waals surface area contributed by atoms with Crippen LogP contribution in [0, 0.1) is 0 Å². The van der Waals surface area contributed by atoms with E-state index >= 15 is 0 Å². The maximum Gasteiger partial charge on any atom is 0.230 e. The standard InChI is InChI=1S/C26H21NO5/c28-23(13-10-17-6-2-1-3-7-17)27-24-19-8-4-5-9-20(19)32-26(24)25(29)18-11-12-21-22(16-18)31-15-14-30-21/h1-9,11-12,16H,10,13-15H2,(H,27,28). The molecule has 0 fully saturated rings. The lowest BCUT2D eigenvalue weighted by Crippen LogP contribution is -2.16. The number of fused-ring (bicyclic) bond motifs is 2. The van der Waals surface area contributed by atoms with Crippen molar-refractivity contribution in [3.63, 3.8) is 0 Å². The molecule has 1 amide bonds. The second-order valence-electron chi connectivity index (χ2n) is 7.52. The lowest BCUT2D eigenvalue weighted by molar-refractivity contribution is -0.116. The van der Waals surface area contributed by atoms with Gasteiger partial charge in [0.1, 0.15) is 18.8 Å². The van der Waals surface area contributed by atoms with E-state index < -0.39 is 0 Å². The number of anilines is 1. The number of hydrogen-bond donors (Lipinski definition) is 1. The third-order valence-electron chi connectivity index (χ3n) is 5.35. The predicted octanol–water partition coefficient (Wildman–Crippen LogP) is 5.01. The second kappa shape index (κ2) is 8.59. The summed E-state index contributed by atoms with van der Waals surface area (Å²) in [5, 5.41) is 3.59. The van der Waals surface area contributed by atoms with E-state index in [1.165, 1.54) is 0 Å². The van der Waals surface area contributed by atoms with E-state index in [9.17, 15) is 9.59 Å². The number of benzene rings is 3. The first kappa shape index (κ1) is 19.9. The molecule has 6 nitrogen and oxygen atoms in total. The van der Waals surface area contributed by atoms with E-state index in [1.54, 1.807) is 24.3 Å². The highest BCUT2D eigenvalue weighted by molar-refractivity contribution is 6.17. The number of para-hydroxylation sites is 1. The maximum absolute atomic E-state index is 13.3. The molecule has 0 spiro atoms. The monoisotopic (exact) mass is 427 g/mol. The average molecular weight is 427 g/mol. The molecular weight excluding hydrogens is 406 g/mol. The van der Waals surface area contributed by atoms with Crippen LogP contribution in [0.3, 0.4) is 0 Å². The molecule has 0 saturated heterocycles. The molecule has 0 bridgehead atoms. The fourth-order valence-electron chi connectivity index (χ4n) is 3.75. The minimum atomic E-state index is -0.337. The largest absolute Gasteiger partial charge is 0.486 e. The number of hydrogen-bond acceptors (Lipinski definition) is 5. The molecule has 0 unspecified atom stereocenters. The molecule has 1 aliphatic heterocycles. The number of ether oxygens (including phenoxy) is 2. The summed E-state index contributed by atoms with van der Waals surface area (Å²) in [6.45, 7) is 0.904. The van der Waals surface area contributed by atoms with Crippen molar-refractivity contribution in [3.8, 4) is 11.5 Å². The van der Waals surface area contributed by atoms with Crippen molar-refractivity contribution in [2.75, 3.05) is 18.5 Å². The van der Waals surface area contributed by atoms with Gasteiger partial charge in [-0.2, -0.15) is 0 Å². The van der Waals surface area contributed by atoms with Gasteiger partial charge in [0.25, 0.3) is 0 Å². The summed E-state index contributed by atoms with van der Waals surface area (Å²) in [6.07, 6.45) is 0.898. The summed E-state index contributed by atoms with van der Waals surface area (Å²) in [7, 11) is 0. The van der Waals surface area contributed by atoms with Crippen LogP contribution in [0.1, 0.15) is 28.1 Å². The Morgan fingerprint density at radius 1 is 0.844 bits per heavy atom. The third kappa shape index (κ3) is 3.95. The Morgan fingerprint density at radius 2 is 1.59 bits per heavy atom. The van der Waals surface area contributed by atoms with E-state index in [-0.39, 0.29) is 17.5 Å². The zero-order valence-electron chi connectivity index (χ0n) is 17.3. The first-order valence-corrected chi connectivity index (χ1v) is 10.5. The van der Waals surface area contributed by atoms with Gasteiger partial charge in [0.05, 0.1) is 5.69 Å². The normalized spacial score (nSPS) is 12.5. The van der Waals surface area contributed by atoms with Crippen LogP contribution in [-0.4, -0.2) is 24.9 Å². The summed E-state index contributed by atoms with van der Waals surface area (Å²) in [5.74, 6) is 0.697. The molecule has 0 saturated carbocycles. The zero-order valence-corrected chi connectivity index (χ0v) is 17.3. The number of furan rings is 1. The molecule has 5 rings (SSSR count). The Hall–Kier alpha value is -4.06. The summed E-state index contributed by atoms with van der Waals surface area (Å²) in [6, 6.07) is 22.1. The minimum Gasteiger partial charge on any atom is -0.486 e. The van der Waals surface area contributed by atoms with Gasteiger partial charge in [-0.25, -0.2) is 0 Å². The first-order chi connectivity index (χ1) is 15.7. The first-order valence-electron chi connectivity index (χ1n) is 10.5. The van der Waals surface area contributed by atoms with Gasteiger partial charge >= 0.3 is 0 Å². The van der Waals surface area contributed by atoms with Crippen LogP contribution in [0.25, 0.3) is 11.0 Å². The van der Waals surface area contributed by atoms with Gasteiger partial charge in [0, 0.05) is 17.4 Å². The lowest BCUT2D eigenvalue weighted by atomic mass is 10.1. The average Bonchev–Trinajstić information content (AvgIpc) is 3.21. The smallest absolute Gasteiger partial charge is 0.230 e. The molecule has 2 heterocycles. The van der Waals surface area contributed by atoms with Crippen LogP contribution in [0.2, 0.25) is 0 Å². The van der Waals surface area contributed by atoms with E-state index in [0.717, 1.165) is 5.56 Å². The number of nitrogens with one attached hydrogen (secondary N) is 1. The van der Waals surface area contributed by atoms with Crippen molar-refractivity contribution in [2.45, 2.75) is 12.8 Å². The minimum absolute atomic E-state index is 0.0935. The van der Waals surface area contributed by atoms with Gasteiger partial charge < -0.3 is 19.2 Å². The Morgan fingerprint density at radius 3 is 2.44 bits per heavy atom. The topological polar surface area (TPSA) is 77.8 Å². The highest BCUT2D eigenvalue weighted by atomic mass is 16.6. The predicted molar refractivity (Wildman–Crippen MR) is 120 cm³/mol. The summed E-state index contributed by atoms with van der Waals surface area (Å²) >= 11 is 0. The van der Waals surface area contributed by atoms with E-state index in [4.69, 9.17) is 13.9 Å². The highest BCUT2D eigenvalue weighted by Gasteiger charge is 2.25. The van der Waals surface area contributed by atoms with Crippen LogP contribution < -0.4 is 14.8 Å². The molecule has 0 aliphatic carbocycles. The summed E-state index contributed by atoms with van der Waals surface area (Å²) in [5.41, 5.74) is 2.39. The van der Waals surface area contributed by atoms with Crippen molar-refractivity contribution in [1.82, 2.24) is 0 Å². The van der Waals surface area contributed by atoms with Crippen molar-refractivity contribution in [3.05, 3.63) is 89.7 Å². The quantitative estimate of drug-likeness (QED) is 0.438. The van der Waals surface area contributed by atoms with Crippen molar-refractivity contribution >= 4 is 28.3 Å². The molecule has 0 atom stereocenters. The van der Waals surface area contributed by atoms with Crippen LogP contribution >= 0.6 is 0 Å². The van der Waals surface area contributed by atoms with Gasteiger partial charge in [0.2, 0.25) is 11.7 Å². The van der Waals surface area contributed by atoms with E-state index in [1.807, 2.05) is 48.5 Å². The van der Waals surface area contributed by atoms with Crippen LogP contribution in [0.15, 0.2) is 77.2 Å². The van der Waals surface area contributed by atoms with Crippen LogP contribution in [0.5, 0.6) is 11.5 Å². The molecule has 32 heavy (non-hydrogen) atoms. The highest BCUT2D eigenvalue weighted by Crippen LogP contribution is 2.35. The molecule has 4 aromatic rings. The lowest BCUT2D eigenvalue weighted by Gasteiger charge is -2.18. The number of aryl methyl sites for hydroxylation is 1. The summed E-state index contributed by atoms with van der Waals surface area (Å²) < 4.78 is 17.0. The molecule has 160 valence electrons. The zero-order chi connectivity index (χ0) is 21.9. The van der Waals surface area contributed by atoms with Crippen molar-refractivity contribution in [1.29, 1.82) is 0 Å². The number of amides is 1. The van der Waals surface area contributed by atoms with Gasteiger partial charge in [-0.3, -0.25) is 9.59 Å². The van der Waals surface area contributed by atoms with E-state index in [0.29, 0.717) is 59.8 Å². The van der Waals surface area contributed by atoms with Crippen molar-refractivity contribution < 1.29 is 23.5 Å². The van der Waals surface area contributed by atoms with Gasteiger partial charge in [0.15, 0.2) is 17.3 Å². The van der Waals surface area contributed by atoms with Crippen molar-refractivity contribution in [2.24, 2.45) is 0 Å². The fraction of sp³-hybridized carbons (Fsp3) is 0.154. The molecule has 1 N–H and O–H groups in total. The van der Waals surface area contributed by atoms with E-state index in [2.05, 4.69) is 5.32 Å². The van der Waals surface area contributed by atoms with Crippen LogP contribution in [0.4, 0.5) is 5.69 Å². The van der Waals surface area contributed by atoms with Gasteiger partial charge in [-0.1, -0.05) is 42.5 Å². The Kier molecular flexibility index (Phi) is 5.34. The van der Waals surface area contributed by atoms with Crippen LogP contribution in [-0.2, 0) is 11.2 Å². The molecule has 3 aromatic carbocycles. The molecule has 1 aliphatic rings. The number of rotatable bonds is 6. The molecular formula is C26H21NO5. The second-order valence-corrected chi connectivity index (χ2v) is 7.52. The molecule has 1 aromatic heterocycles. The maximum atomic E-state index is 13.3. The fourth-order valence-corrected chi connectivity index (χ4v) is 3.75. The third-order valence-corrected chi connectivity index (χ3v) is 5.35. The summed E-state index contributed by atoms with van der Waals surface area (Å²) in [4.78, 5) is 26.1. The number of ketones is 1. The van der Waals surface area contributed by atoms with Gasteiger partial charge in [-0.05, 0) is 42.3 Å². The number of carbonyl (C=O) groups excluding carboxylic acids is 2. The number of carbonyl (C=O) groups is 2. The Bertz CT molecular complexity index is 1290. The van der Waals surface area contributed by atoms with Gasteiger partial charge in [-0.15, -0.1) is 0 Å². The Balaban J connectivity index is 1.44.